The molecule has 1 aliphatic heterocycles. The van der Waals surface area contributed by atoms with E-state index in [2.05, 4.69) is 106 Å². The van der Waals surface area contributed by atoms with Crippen LogP contribution >= 0.6 is 95.6 Å². The Labute approximate surface area is 479 Å². The molecule has 4 aromatic carbocycles. The lowest BCUT2D eigenvalue weighted by Gasteiger charge is -2.20. The molecule has 73 heavy (non-hydrogen) atoms. The van der Waals surface area contributed by atoms with E-state index in [1.807, 2.05) is 75.4 Å². The van der Waals surface area contributed by atoms with Crippen LogP contribution < -0.4 is 25.3 Å². The zero-order chi connectivity index (χ0) is 54.9. The summed E-state index contributed by atoms with van der Waals surface area (Å²) in [5.41, 5.74) is 4.50. The number of alkyl carbamates (subject to hydrolysis) is 1. The second kappa shape index (κ2) is 32.7. The highest BCUT2D eigenvalue weighted by Crippen LogP contribution is 2.28. The van der Waals surface area contributed by atoms with E-state index in [1.165, 1.54) is 4.90 Å². The van der Waals surface area contributed by atoms with Crippen molar-refractivity contribution in [1.82, 2.24) is 10.2 Å². The average molecular weight is 1400 g/mol. The maximum Gasteiger partial charge on any atom is 0.519 e. The summed E-state index contributed by atoms with van der Waals surface area (Å²) in [5, 5.41) is 2.72. The Balaban J connectivity index is 0.000000341. The molecule has 0 unspecified atom stereocenters. The molecule has 3 amide bonds. The molecule has 1 heterocycles. The number of nitrogens with one attached hydrogen (secondary N) is 1. The van der Waals surface area contributed by atoms with E-state index < -0.39 is 29.1 Å². The van der Waals surface area contributed by atoms with Gasteiger partial charge in [-0.05, 0) is 168 Å². The molecule has 0 fully saturated rings. The van der Waals surface area contributed by atoms with Crippen molar-refractivity contribution in [2.24, 2.45) is 5.73 Å². The van der Waals surface area contributed by atoms with Crippen LogP contribution in [0.25, 0.3) is 0 Å². The molecule has 0 bridgehead atoms. The zero-order valence-electron chi connectivity index (χ0n) is 42.5. The SMILES string of the molecule is CC(C)(C)OC(=O)NCCCCOc1cc(Br)cc(Br)c1.CC(C)(C)OC(=O)OC(=O)OC(C)(C)C.NCCCCOc1cc(Br)cc(Br)c1.O=C1c2ccccc2C(=O)N1CCCOc1cc(Br)cc(Br)c1. The quantitative estimate of drug-likeness (QED) is 0.0354. The van der Waals surface area contributed by atoms with Crippen LogP contribution in [-0.4, -0.2) is 91.4 Å². The number of ether oxygens (including phenoxy) is 7. The van der Waals surface area contributed by atoms with Crippen LogP contribution in [0.1, 0.15) is 115 Å². The molecule has 5 rings (SSSR count). The van der Waals surface area contributed by atoms with Crippen LogP contribution in [-0.2, 0) is 18.9 Å². The lowest BCUT2D eigenvalue weighted by atomic mass is 10.1. The molecule has 402 valence electrons. The number of hydrogen-bond donors (Lipinski definition) is 2. The van der Waals surface area contributed by atoms with Crippen molar-refractivity contribution in [3.8, 4) is 17.2 Å². The lowest BCUT2D eigenvalue weighted by molar-refractivity contribution is -0.0294. The number of amides is 3. The Morgan fingerprint density at radius 3 is 1.19 bits per heavy atom. The third kappa shape index (κ3) is 29.8. The molecular weight excluding hydrogens is 1340 g/mol. The first kappa shape index (κ1) is 65.4. The highest BCUT2D eigenvalue weighted by molar-refractivity contribution is 9.11. The van der Waals surface area contributed by atoms with E-state index in [0.29, 0.717) is 43.9 Å². The molecule has 0 saturated carbocycles. The predicted molar refractivity (Wildman–Crippen MR) is 304 cm³/mol. The van der Waals surface area contributed by atoms with Crippen molar-refractivity contribution in [3.05, 3.63) is 117 Å². The van der Waals surface area contributed by atoms with Gasteiger partial charge in [-0.3, -0.25) is 14.5 Å². The van der Waals surface area contributed by atoms with Crippen molar-refractivity contribution in [2.75, 3.05) is 39.5 Å². The van der Waals surface area contributed by atoms with Gasteiger partial charge in [-0.1, -0.05) is 108 Å². The smallest absolute Gasteiger partial charge is 0.494 e. The van der Waals surface area contributed by atoms with Crippen molar-refractivity contribution in [1.29, 1.82) is 0 Å². The highest BCUT2D eigenvalue weighted by Gasteiger charge is 2.34. The number of nitrogens with zero attached hydrogens (tertiary/aromatic N) is 1. The highest BCUT2D eigenvalue weighted by atomic mass is 79.9. The molecular formula is C52H65Br6N3O12. The predicted octanol–water partition coefficient (Wildman–Crippen LogP) is 15.4. The molecule has 1 aliphatic rings. The van der Waals surface area contributed by atoms with Gasteiger partial charge < -0.3 is 44.2 Å². The van der Waals surface area contributed by atoms with Gasteiger partial charge in [0, 0.05) is 39.9 Å². The molecule has 4 aromatic rings. The fourth-order valence-electron chi connectivity index (χ4n) is 5.66. The summed E-state index contributed by atoms with van der Waals surface area (Å²) in [5.74, 6) is 1.97. The Morgan fingerprint density at radius 1 is 0.507 bits per heavy atom. The number of imide groups is 1. The number of benzene rings is 4. The van der Waals surface area contributed by atoms with Gasteiger partial charge in [-0.15, -0.1) is 0 Å². The van der Waals surface area contributed by atoms with Crippen LogP contribution in [0.5, 0.6) is 17.2 Å². The first-order chi connectivity index (χ1) is 34.0. The summed E-state index contributed by atoms with van der Waals surface area (Å²) in [6.45, 7) is 19.0. The largest absolute Gasteiger partial charge is 0.519 e. The van der Waals surface area contributed by atoms with Gasteiger partial charge in [0.2, 0.25) is 0 Å². The van der Waals surface area contributed by atoms with Gasteiger partial charge >= 0.3 is 18.4 Å². The summed E-state index contributed by atoms with van der Waals surface area (Å²) in [6, 6.07) is 24.2. The van der Waals surface area contributed by atoms with Gasteiger partial charge in [-0.2, -0.15) is 0 Å². The molecule has 3 N–H and O–H groups in total. The van der Waals surface area contributed by atoms with E-state index >= 15 is 0 Å². The molecule has 0 spiro atoms. The molecule has 0 aromatic heterocycles. The summed E-state index contributed by atoms with van der Waals surface area (Å²) in [7, 11) is 0. The molecule has 0 aliphatic carbocycles. The summed E-state index contributed by atoms with van der Waals surface area (Å²) in [4.78, 5) is 59.1. The lowest BCUT2D eigenvalue weighted by Crippen LogP contribution is -2.33. The molecule has 21 heteroatoms. The van der Waals surface area contributed by atoms with Gasteiger partial charge in [0.05, 0.1) is 30.9 Å². The second-order valence-corrected chi connectivity index (χ2v) is 24.2. The summed E-state index contributed by atoms with van der Waals surface area (Å²) in [6.07, 6.45) is 1.80. The number of rotatable bonds is 16. The molecule has 0 radical (unpaired) electrons. The van der Waals surface area contributed by atoms with Crippen molar-refractivity contribution in [3.63, 3.8) is 0 Å². The minimum atomic E-state index is -1.06. The van der Waals surface area contributed by atoms with Gasteiger partial charge in [0.15, 0.2) is 0 Å². The number of hydrogen-bond acceptors (Lipinski definition) is 13. The van der Waals surface area contributed by atoms with Gasteiger partial charge in [-0.25, -0.2) is 14.4 Å². The number of carbonyl (C=O) groups is 5. The first-order valence-corrected chi connectivity index (χ1v) is 27.8. The topological polar surface area (TPSA) is 191 Å². The second-order valence-electron chi connectivity index (χ2n) is 18.7. The van der Waals surface area contributed by atoms with Crippen LogP contribution in [0.3, 0.4) is 0 Å². The maximum absolute atomic E-state index is 12.2. The number of halogens is 6. The third-order valence-electron chi connectivity index (χ3n) is 8.50. The summed E-state index contributed by atoms with van der Waals surface area (Å²) < 4.78 is 41.6. The van der Waals surface area contributed by atoms with Crippen molar-refractivity contribution in [2.45, 2.75) is 111 Å². The van der Waals surface area contributed by atoms with Gasteiger partial charge in [0.1, 0.15) is 34.1 Å². The van der Waals surface area contributed by atoms with Crippen molar-refractivity contribution >= 4 is 126 Å². The molecule has 0 atom stereocenters. The Morgan fingerprint density at radius 2 is 0.849 bits per heavy atom. The number of fused-ring (bicyclic) bond motifs is 1. The number of unbranched alkanes of at least 4 members (excludes halogenated alkanes) is 2. The Hall–Kier alpha value is -3.73. The summed E-state index contributed by atoms with van der Waals surface area (Å²) >= 11 is 20.4. The van der Waals surface area contributed by atoms with E-state index in [0.717, 1.165) is 82.9 Å². The number of carbonyl (C=O) groups excluding carboxylic acids is 5. The first-order valence-electron chi connectivity index (χ1n) is 23.1. The fourth-order valence-corrected chi connectivity index (χ4v) is 9.41. The van der Waals surface area contributed by atoms with E-state index in [4.69, 9.17) is 34.2 Å². The molecule has 0 saturated heterocycles. The van der Waals surface area contributed by atoms with Gasteiger partial charge in [0.25, 0.3) is 11.8 Å². The third-order valence-corrected chi connectivity index (χ3v) is 11.2. The number of nitrogens with two attached hydrogens (primary N) is 1. The van der Waals surface area contributed by atoms with Crippen LogP contribution in [0.15, 0.2) is 106 Å². The Bertz CT molecular complexity index is 2300. The van der Waals surface area contributed by atoms with Crippen LogP contribution in [0.2, 0.25) is 0 Å². The van der Waals surface area contributed by atoms with Crippen molar-refractivity contribution < 1.29 is 57.1 Å². The monoisotopic (exact) mass is 1400 g/mol. The van der Waals surface area contributed by atoms with Crippen LogP contribution in [0.4, 0.5) is 14.4 Å². The zero-order valence-corrected chi connectivity index (χ0v) is 52.0. The maximum atomic E-state index is 12.2. The minimum absolute atomic E-state index is 0.226. The van der Waals surface area contributed by atoms with E-state index in [-0.39, 0.29) is 17.9 Å². The average Bonchev–Trinajstić information content (AvgIpc) is 3.47. The molecule has 15 nitrogen and oxygen atoms in total. The van der Waals surface area contributed by atoms with E-state index in [9.17, 15) is 24.0 Å². The van der Waals surface area contributed by atoms with Crippen LogP contribution in [0, 0.1) is 0 Å². The standard InChI is InChI=1S/C17H13Br2NO3.C15H21Br2NO3.C10H13Br2NO.C10H18O5/c18-11-8-12(19)10-13(9-11)23-7-3-6-20-16(21)14-4-1-2-5-15(14)17(20)22;1-15(2,3)21-14(19)18-6-4-5-7-20-13-9-11(16)8-12(17)10-13;11-8-5-9(12)7-10(6-8)14-4-2-1-3-13;1-9(2,3)14-7(11)13-8(12)15-10(4,5)6/h1-2,4-5,8-10H,3,6-7H2;8-10H,4-7H2,1-3H3,(H,18,19);5-7H,1-4,13H2;1-6H3. The Kier molecular flexibility index (Phi) is 29.2. The fraction of sp³-hybridized carbons (Fsp3) is 0.442. The normalized spacial score (nSPS) is 11.8. The minimum Gasteiger partial charge on any atom is -0.494 e. The van der Waals surface area contributed by atoms with E-state index in [1.54, 1.807) is 65.8 Å².